The number of alkyl halides is 12. The summed E-state index contributed by atoms with van der Waals surface area (Å²) in [6, 6.07) is -0.461. The lowest BCUT2D eigenvalue weighted by atomic mass is 9.81. The average Bonchev–Trinajstić information content (AvgIpc) is 2.62. The maximum Gasteiger partial charge on any atom is 0.430 e. The van der Waals surface area contributed by atoms with E-state index in [-0.39, 0.29) is 18.6 Å². The van der Waals surface area contributed by atoms with E-state index < -0.39 is 71.4 Å². The Morgan fingerprint density at radius 3 is 1.52 bits per heavy atom. The minimum Gasteiger partial charge on any atom is -0.369 e. The van der Waals surface area contributed by atoms with Crippen molar-refractivity contribution in [3.8, 4) is 0 Å². The van der Waals surface area contributed by atoms with Gasteiger partial charge in [0.25, 0.3) is 11.2 Å². The van der Waals surface area contributed by atoms with Crippen LogP contribution in [0.2, 0.25) is 0 Å². The standard InChI is InChI=1S/C18H18F12O3/c1-4-9(2)10-5-11(13(31,15(19,20)21)16(22,23)24)7-12(6-10)14(17(25,26)27,18(28,29)30)33-8-32-3/h5-7,9,31H,4,8H2,1-3H3. The smallest absolute Gasteiger partial charge is 0.369 e. The van der Waals surface area contributed by atoms with Crippen LogP contribution in [0.5, 0.6) is 0 Å². The largest absolute Gasteiger partial charge is 0.430 e. The van der Waals surface area contributed by atoms with Crippen LogP contribution in [0.25, 0.3) is 0 Å². The minimum atomic E-state index is -6.55. The van der Waals surface area contributed by atoms with Crippen LogP contribution in [-0.2, 0) is 20.7 Å². The molecule has 33 heavy (non-hydrogen) atoms. The van der Waals surface area contributed by atoms with Crippen molar-refractivity contribution >= 4 is 0 Å². The Kier molecular flexibility index (Phi) is 8.11. The zero-order chi connectivity index (χ0) is 26.3. The molecule has 1 N–H and O–H groups in total. The van der Waals surface area contributed by atoms with Crippen molar-refractivity contribution in [3.63, 3.8) is 0 Å². The monoisotopic (exact) mass is 510 g/mol. The van der Waals surface area contributed by atoms with Gasteiger partial charge in [-0.15, -0.1) is 0 Å². The Hall–Kier alpha value is -1.74. The minimum absolute atomic E-state index is 0.0620. The summed E-state index contributed by atoms with van der Waals surface area (Å²) in [7, 11) is 0.643. The fourth-order valence-corrected chi connectivity index (χ4v) is 2.95. The van der Waals surface area contributed by atoms with E-state index in [4.69, 9.17) is 0 Å². The molecule has 1 rings (SSSR count). The highest BCUT2D eigenvalue weighted by Crippen LogP contribution is 2.56. The van der Waals surface area contributed by atoms with E-state index in [1.54, 1.807) is 0 Å². The van der Waals surface area contributed by atoms with Crippen molar-refractivity contribution in [2.75, 3.05) is 13.9 Å². The van der Waals surface area contributed by atoms with Gasteiger partial charge in [0.05, 0.1) is 0 Å². The molecular weight excluding hydrogens is 492 g/mol. The predicted octanol–water partition coefficient (Wildman–Crippen LogP) is 6.45. The molecule has 3 nitrogen and oxygen atoms in total. The molecule has 0 aliphatic heterocycles. The molecule has 15 heteroatoms. The summed E-state index contributed by atoms with van der Waals surface area (Å²) < 4.78 is 171. The van der Waals surface area contributed by atoms with E-state index in [0.29, 0.717) is 7.11 Å². The first-order valence-electron chi connectivity index (χ1n) is 8.89. The molecule has 1 atom stereocenters. The van der Waals surface area contributed by atoms with Crippen molar-refractivity contribution in [1.82, 2.24) is 0 Å². The lowest BCUT2D eigenvalue weighted by Gasteiger charge is -2.39. The average molecular weight is 510 g/mol. The number of hydrogen-bond donors (Lipinski definition) is 1. The third-order valence-electron chi connectivity index (χ3n) is 4.97. The Morgan fingerprint density at radius 2 is 1.18 bits per heavy atom. The lowest BCUT2D eigenvalue weighted by molar-refractivity contribution is -0.400. The van der Waals surface area contributed by atoms with E-state index in [0.717, 1.165) is 6.92 Å². The molecule has 0 saturated heterocycles. The second kappa shape index (κ2) is 9.13. The zero-order valence-corrected chi connectivity index (χ0v) is 17.0. The molecule has 0 amide bonds. The Labute approximate surface area is 179 Å². The third-order valence-corrected chi connectivity index (χ3v) is 4.97. The lowest BCUT2D eigenvalue weighted by Crippen LogP contribution is -2.57. The van der Waals surface area contributed by atoms with Gasteiger partial charge in [0.2, 0.25) is 0 Å². The first-order chi connectivity index (χ1) is 14.6. The molecule has 1 aromatic carbocycles. The normalized spacial score (nSPS) is 15.6. The SMILES string of the molecule is CCC(C)c1cc(C(O)(C(F)(F)F)C(F)(F)F)cc(C(OCOC)(C(F)(F)F)C(F)(F)F)c1. The van der Waals surface area contributed by atoms with Crippen LogP contribution in [0.3, 0.4) is 0 Å². The number of methoxy groups -OCH3 is 1. The molecule has 0 heterocycles. The summed E-state index contributed by atoms with van der Waals surface area (Å²) in [5.41, 5.74) is -16.3. The van der Waals surface area contributed by atoms with Gasteiger partial charge < -0.3 is 14.6 Å². The van der Waals surface area contributed by atoms with Gasteiger partial charge in [-0.05, 0) is 24.0 Å². The van der Waals surface area contributed by atoms with E-state index in [1.807, 2.05) is 0 Å². The summed E-state index contributed by atoms with van der Waals surface area (Å²) >= 11 is 0. The maximum atomic E-state index is 13.8. The van der Waals surface area contributed by atoms with Gasteiger partial charge in [-0.1, -0.05) is 26.0 Å². The quantitative estimate of drug-likeness (QED) is 0.339. The topological polar surface area (TPSA) is 38.7 Å². The van der Waals surface area contributed by atoms with Crippen LogP contribution < -0.4 is 0 Å². The van der Waals surface area contributed by atoms with Gasteiger partial charge >= 0.3 is 24.7 Å². The van der Waals surface area contributed by atoms with Gasteiger partial charge in [0.15, 0.2) is 0 Å². The van der Waals surface area contributed by atoms with Crippen LogP contribution in [0.4, 0.5) is 52.7 Å². The Morgan fingerprint density at radius 1 is 0.758 bits per heavy atom. The fraction of sp³-hybridized carbons (Fsp3) is 0.667. The van der Waals surface area contributed by atoms with Crippen molar-refractivity contribution in [2.24, 2.45) is 0 Å². The predicted molar refractivity (Wildman–Crippen MR) is 87.9 cm³/mol. The molecule has 0 bridgehead atoms. The summed E-state index contributed by atoms with van der Waals surface area (Å²) in [5.74, 6) is -1.10. The molecule has 0 aliphatic rings. The highest BCUT2D eigenvalue weighted by molar-refractivity contribution is 5.41. The van der Waals surface area contributed by atoms with E-state index >= 15 is 0 Å². The Bertz CT molecular complexity index is 780. The number of aliphatic hydroxyl groups is 1. The van der Waals surface area contributed by atoms with Crippen molar-refractivity contribution in [1.29, 1.82) is 0 Å². The zero-order valence-electron chi connectivity index (χ0n) is 17.0. The number of hydrogen-bond acceptors (Lipinski definition) is 3. The molecule has 0 aromatic heterocycles. The molecule has 1 aromatic rings. The summed E-state index contributed by atoms with van der Waals surface area (Å²) in [6.07, 6.45) is -26.0. The fourth-order valence-electron chi connectivity index (χ4n) is 2.95. The number of halogens is 12. The number of ether oxygens (including phenoxy) is 2. The molecular formula is C18H18F12O3. The molecule has 0 saturated carbocycles. The second-order valence-electron chi connectivity index (χ2n) is 7.09. The van der Waals surface area contributed by atoms with Gasteiger partial charge in [0.1, 0.15) is 6.79 Å². The number of benzene rings is 1. The molecule has 0 spiro atoms. The third kappa shape index (κ3) is 5.04. The molecule has 192 valence electrons. The van der Waals surface area contributed by atoms with Crippen molar-refractivity contribution in [3.05, 3.63) is 34.9 Å². The summed E-state index contributed by atoms with van der Waals surface area (Å²) in [5, 5.41) is 9.63. The molecule has 0 radical (unpaired) electrons. The Balaban J connectivity index is 4.24. The van der Waals surface area contributed by atoms with Crippen LogP contribution >= 0.6 is 0 Å². The maximum absolute atomic E-state index is 13.8. The molecule has 1 unspecified atom stereocenters. The van der Waals surface area contributed by atoms with E-state index in [1.165, 1.54) is 6.92 Å². The molecule has 0 fully saturated rings. The van der Waals surface area contributed by atoms with Crippen LogP contribution in [-0.4, -0.2) is 43.7 Å². The van der Waals surface area contributed by atoms with E-state index in [9.17, 15) is 57.8 Å². The van der Waals surface area contributed by atoms with Gasteiger partial charge in [-0.3, -0.25) is 0 Å². The van der Waals surface area contributed by atoms with Crippen LogP contribution in [0.1, 0.15) is 42.9 Å². The van der Waals surface area contributed by atoms with Crippen LogP contribution in [0, 0.1) is 0 Å². The number of rotatable bonds is 7. The first kappa shape index (κ1) is 29.3. The van der Waals surface area contributed by atoms with Crippen molar-refractivity contribution < 1.29 is 67.3 Å². The summed E-state index contributed by atoms with van der Waals surface area (Å²) in [6.45, 7) is 0.797. The highest BCUT2D eigenvalue weighted by Gasteiger charge is 2.75. The van der Waals surface area contributed by atoms with Gasteiger partial charge in [0, 0.05) is 18.2 Å². The highest BCUT2D eigenvalue weighted by atomic mass is 19.4. The van der Waals surface area contributed by atoms with Crippen molar-refractivity contribution in [2.45, 2.75) is 62.1 Å². The van der Waals surface area contributed by atoms with Gasteiger partial charge in [-0.2, -0.15) is 52.7 Å². The molecule has 0 aliphatic carbocycles. The second-order valence-corrected chi connectivity index (χ2v) is 7.09. The summed E-state index contributed by atoms with van der Waals surface area (Å²) in [4.78, 5) is 0. The first-order valence-corrected chi connectivity index (χ1v) is 8.89. The van der Waals surface area contributed by atoms with Gasteiger partial charge in [-0.25, -0.2) is 0 Å². The van der Waals surface area contributed by atoms with E-state index in [2.05, 4.69) is 9.47 Å². The van der Waals surface area contributed by atoms with Crippen LogP contribution in [0.15, 0.2) is 18.2 Å².